The molecule has 0 amide bonds. The van der Waals surface area contributed by atoms with E-state index in [1.807, 2.05) is 0 Å². The van der Waals surface area contributed by atoms with E-state index in [2.05, 4.69) is 80.4 Å². The summed E-state index contributed by atoms with van der Waals surface area (Å²) in [6.45, 7) is 0. The molecule has 0 fully saturated rings. The van der Waals surface area contributed by atoms with E-state index >= 15 is 0 Å². The molecule has 2 aromatic rings. The monoisotopic (exact) mass is 324 g/mol. The van der Waals surface area contributed by atoms with E-state index in [4.69, 9.17) is 0 Å². The summed E-state index contributed by atoms with van der Waals surface area (Å²) in [6.07, 6.45) is 0. The molecule has 0 aliphatic heterocycles. The van der Waals surface area contributed by atoms with Gasteiger partial charge in [0, 0.05) is 9.80 Å². The fourth-order valence-corrected chi connectivity index (χ4v) is 2.07. The van der Waals surface area contributed by atoms with Crippen LogP contribution in [0, 0.1) is 0 Å². The molecule has 0 aliphatic rings. The van der Waals surface area contributed by atoms with E-state index in [0.717, 1.165) is 9.80 Å². The van der Waals surface area contributed by atoms with Crippen LogP contribution in [0.4, 0.5) is 0 Å². The Morgan fingerprint density at radius 1 is 0.733 bits per heavy atom. The van der Waals surface area contributed by atoms with Gasteiger partial charge in [0.05, 0.1) is 0 Å². The van der Waals surface area contributed by atoms with Crippen LogP contribution in [-0.2, 0) is 5.33 Å². The van der Waals surface area contributed by atoms with Crippen LogP contribution in [-0.4, -0.2) is 0 Å². The Labute approximate surface area is 107 Å². The van der Waals surface area contributed by atoms with Crippen LogP contribution in [0.1, 0.15) is 5.56 Å². The lowest BCUT2D eigenvalue weighted by Gasteiger charge is -2.02. The van der Waals surface area contributed by atoms with Crippen LogP contribution < -0.4 is 0 Å². The summed E-state index contributed by atoms with van der Waals surface area (Å²) in [4.78, 5) is 0. The van der Waals surface area contributed by atoms with Gasteiger partial charge in [-0.15, -0.1) is 0 Å². The van der Waals surface area contributed by atoms with Crippen molar-refractivity contribution < 1.29 is 0 Å². The third-order valence-corrected chi connectivity index (χ3v) is 3.46. The average Bonchev–Trinajstić information content (AvgIpc) is 2.30. The average molecular weight is 326 g/mol. The molecule has 15 heavy (non-hydrogen) atoms. The molecule has 0 aromatic heterocycles. The maximum atomic E-state index is 3.44. The quantitative estimate of drug-likeness (QED) is 0.681. The van der Waals surface area contributed by atoms with Crippen molar-refractivity contribution in [1.82, 2.24) is 0 Å². The van der Waals surface area contributed by atoms with Gasteiger partial charge in [-0.3, -0.25) is 0 Å². The molecular formula is C13H10Br2. The summed E-state index contributed by atoms with van der Waals surface area (Å²) < 4.78 is 1.11. The second kappa shape index (κ2) is 4.95. The number of alkyl halides is 1. The highest BCUT2D eigenvalue weighted by molar-refractivity contribution is 9.10. The standard InChI is InChI=1S/C13H10Br2/c14-9-10-1-3-11(4-2-10)12-5-7-13(15)8-6-12/h1-8H,9H2. The molecule has 2 heteroatoms. The SMILES string of the molecule is BrCc1ccc(-c2ccc(Br)cc2)cc1. The summed E-state index contributed by atoms with van der Waals surface area (Å²) in [5, 5.41) is 0.910. The zero-order valence-corrected chi connectivity index (χ0v) is 11.3. The lowest BCUT2D eigenvalue weighted by Crippen LogP contribution is -1.79. The Balaban J connectivity index is 2.33. The van der Waals surface area contributed by atoms with Crippen LogP contribution in [0.25, 0.3) is 11.1 Å². The van der Waals surface area contributed by atoms with Gasteiger partial charge < -0.3 is 0 Å². The first-order valence-electron chi connectivity index (χ1n) is 4.70. The molecule has 0 heterocycles. The second-order valence-electron chi connectivity index (χ2n) is 3.34. The molecule has 2 rings (SSSR count). The smallest absolute Gasteiger partial charge is 0.0283 e. The first kappa shape index (κ1) is 10.9. The van der Waals surface area contributed by atoms with Gasteiger partial charge in [-0.05, 0) is 28.8 Å². The summed E-state index contributed by atoms with van der Waals surface area (Å²) in [5.74, 6) is 0. The molecule has 0 nitrogen and oxygen atoms in total. The minimum absolute atomic E-state index is 0.910. The Morgan fingerprint density at radius 3 is 1.67 bits per heavy atom. The van der Waals surface area contributed by atoms with Crippen molar-refractivity contribution in [1.29, 1.82) is 0 Å². The van der Waals surface area contributed by atoms with Crippen molar-refractivity contribution >= 4 is 31.9 Å². The molecule has 76 valence electrons. The molecule has 0 unspecified atom stereocenters. The largest absolute Gasteiger partial charge is 0.0876 e. The Morgan fingerprint density at radius 2 is 1.20 bits per heavy atom. The van der Waals surface area contributed by atoms with Gasteiger partial charge in [-0.25, -0.2) is 0 Å². The van der Waals surface area contributed by atoms with E-state index in [1.165, 1.54) is 16.7 Å². The number of hydrogen-bond donors (Lipinski definition) is 0. The predicted octanol–water partition coefficient (Wildman–Crippen LogP) is 5.01. The summed E-state index contributed by atoms with van der Waals surface area (Å²) >= 11 is 6.88. The number of halogens is 2. The lowest BCUT2D eigenvalue weighted by atomic mass is 10.0. The Hall–Kier alpha value is -0.600. The molecule has 0 saturated heterocycles. The lowest BCUT2D eigenvalue weighted by molar-refractivity contribution is 1.43. The molecule has 0 aliphatic carbocycles. The molecule has 2 aromatic carbocycles. The molecule has 0 bridgehead atoms. The fourth-order valence-electron chi connectivity index (χ4n) is 1.43. The zero-order valence-electron chi connectivity index (χ0n) is 8.08. The summed E-state index contributed by atoms with van der Waals surface area (Å²) in [7, 11) is 0. The molecule has 0 N–H and O–H groups in total. The minimum atomic E-state index is 0.910. The number of benzene rings is 2. The van der Waals surface area contributed by atoms with E-state index in [-0.39, 0.29) is 0 Å². The van der Waals surface area contributed by atoms with Gasteiger partial charge in [0.1, 0.15) is 0 Å². The zero-order chi connectivity index (χ0) is 10.7. The van der Waals surface area contributed by atoms with Crippen molar-refractivity contribution in [3.8, 4) is 11.1 Å². The van der Waals surface area contributed by atoms with Gasteiger partial charge in [0.15, 0.2) is 0 Å². The van der Waals surface area contributed by atoms with Crippen LogP contribution >= 0.6 is 31.9 Å². The van der Waals surface area contributed by atoms with Crippen LogP contribution in [0.3, 0.4) is 0 Å². The van der Waals surface area contributed by atoms with Gasteiger partial charge in [-0.1, -0.05) is 68.3 Å². The number of hydrogen-bond acceptors (Lipinski definition) is 0. The van der Waals surface area contributed by atoms with Gasteiger partial charge in [0.2, 0.25) is 0 Å². The molecular weight excluding hydrogens is 316 g/mol. The molecule has 0 radical (unpaired) electrons. The first-order chi connectivity index (χ1) is 7.29. The minimum Gasteiger partial charge on any atom is -0.0876 e. The topological polar surface area (TPSA) is 0 Å². The Kier molecular flexibility index (Phi) is 3.60. The molecule has 0 spiro atoms. The third kappa shape index (κ3) is 2.70. The van der Waals surface area contributed by atoms with Crippen molar-refractivity contribution in [3.63, 3.8) is 0 Å². The highest BCUT2D eigenvalue weighted by Crippen LogP contribution is 2.22. The van der Waals surface area contributed by atoms with Crippen molar-refractivity contribution in [3.05, 3.63) is 58.6 Å². The fraction of sp³-hybridized carbons (Fsp3) is 0.0769. The Bertz CT molecular complexity index is 429. The van der Waals surface area contributed by atoms with Crippen molar-refractivity contribution in [2.75, 3.05) is 0 Å². The van der Waals surface area contributed by atoms with Gasteiger partial charge in [-0.2, -0.15) is 0 Å². The van der Waals surface area contributed by atoms with E-state index in [1.54, 1.807) is 0 Å². The maximum absolute atomic E-state index is 3.44. The first-order valence-corrected chi connectivity index (χ1v) is 6.62. The highest BCUT2D eigenvalue weighted by Gasteiger charge is 1.97. The van der Waals surface area contributed by atoms with E-state index in [9.17, 15) is 0 Å². The van der Waals surface area contributed by atoms with Crippen LogP contribution in [0.15, 0.2) is 53.0 Å². The molecule has 0 atom stereocenters. The third-order valence-electron chi connectivity index (χ3n) is 2.29. The number of rotatable bonds is 2. The maximum Gasteiger partial charge on any atom is 0.0283 e. The summed E-state index contributed by atoms with van der Waals surface area (Å²) in [6, 6.07) is 17.0. The van der Waals surface area contributed by atoms with Crippen molar-refractivity contribution in [2.24, 2.45) is 0 Å². The second-order valence-corrected chi connectivity index (χ2v) is 4.81. The van der Waals surface area contributed by atoms with Crippen LogP contribution in [0.5, 0.6) is 0 Å². The van der Waals surface area contributed by atoms with E-state index < -0.39 is 0 Å². The highest BCUT2D eigenvalue weighted by atomic mass is 79.9. The van der Waals surface area contributed by atoms with Crippen molar-refractivity contribution in [2.45, 2.75) is 5.33 Å². The molecule has 0 saturated carbocycles. The van der Waals surface area contributed by atoms with Gasteiger partial charge in [0.25, 0.3) is 0 Å². The van der Waals surface area contributed by atoms with Gasteiger partial charge >= 0.3 is 0 Å². The predicted molar refractivity (Wildman–Crippen MR) is 72.2 cm³/mol. The normalized spacial score (nSPS) is 10.3. The summed E-state index contributed by atoms with van der Waals surface area (Å²) in [5.41, 5.74) is 3.81. The van der Waals surface area contributed by atoms with Crippen LogP contribution in [0.2, 0.25) is 0 Å². The van der Waals surface area contributed by atoms with E-state index in [0.29, 0.717) is 0 Å².